The lowest BCUT2D eigenvalue weighted by atomic mass is 10.1. The van der Waals surface area contributed by atoms with Gasteiger partial charge < -0.3 is 5.32 Å². The summed E-state index contributed by atoms with van der Waals surface area (Å²) >= 11 is 0. The van der Waals surface area contributed by atoms with Crippen LogP contribution in [0, 0.1) is 0 Å². The fraction of sp³-hybridized carbons (Fsp3) is 0.333. The topological polar surface area (TPSA) is 45.2 Å². The minimum absolute atomic E-state index is 0.0299. The maximum Gasteiger partial charge on any atom is 0.234 e. The van der Waals surface area contributed by atoms with Crippen molar-refractivity contribution >= 4 is 5.91 Å². The van der Waals surface area contributed by atoms with E-state index in [-0.39, 0.29) is 11.9 Å². The Bertz CT molecular complexity index is 571. The number of nitrogens with one attached hydrogen (secondary N) is 1. The summed E-state index contributed by atoms with van der Waals surface area (Å²) in [7, 11) is 1.97. The number of hydrogen-bond acceptors (Lipinski definition) is 3. The highest BCUT2D eigenvalue weighted by atomic mass is 16.2. The molecule has 1 amide bonds. The SMILES string of the molecule is CC(NC(=O)CN(C)CCc1ccncc1)c1ccccc1. The Morgan fingerprint density at radius 2 is 1.86 bits per heavy atom. The molecule has 0 saturated heterocycles. The largest absolute Gasteiger partial charge is 0.348 e. The van der Waals surface area contributed by atoms with Crippen LogP contribution in [0.15, 0.2) is 54.9 Å². The van der Waals surface area contributed by atoms with Crippen LogP contribution in [0.1, 0.15) is 24.1 Å². The lowest BCUT2D eigenvalue weighted by molar-refractivity contribution is -0.122. The number of carbonyl (C=O) groups excluding carboxylic acids is 1. The van der Waals surface area contributed by atoms with Crippen molar-refractivity contribution in [1.82, 2.24) is 15.2 Å². The van der Waals surface area contributed by atoms with E-state index in [1.165, 1.54) is 5.56 Å². The molecule has 1 aromatic carbocycles. The third kappa shape index (κ3) is 5.30. The number of amides is 1. The van der Waals surface area contributed by atoms with Crippen molar-refractivity contribution in [2.75, 3.05) is 20.1 Å². The molecule has 0 aliphatic heterocycles. The number of nitrogens with zero attached hydrogens (tertiary/aromatic N) is 2. The number of rotatable bonds is 7. The summed E-state index contributed by atoms with van der Waals surface area (Å²) in [4.78, 5) is 18.1. The fourth-order valence-electron chi connectivity index (χ4n) is 2.31. The van der Waals surface area contributed by atoms with Gasteiger partial charge in [-0.1, -0.05) is 30.3 Å². The van der Waals surface area contributed by atoms with Gasteiger partial charge in [0.1, 0.15) is 0 Å². The van der Waals surface area contributed by atoms with Crippen LogP contribution in [-0.2, 0) is 11.2 Å². The van der Waals surface area contributed by atoms with Gasteiger partial charge in [0.25, 0.3) is 0 Å². The van der Waals surface area contributed by atoms with Gasteiger partial charge in [0.2, 0.25) is 5.91 Å². The molecule has 0 bridgehead atoms. The molecule has 1 heterocycles. The molecule has 0 spiro atoms. The Kier molecular flexibility index (Phi) is 6.10. The van der Waals surface area contributed by atoms with Crippen molar-refractivity contribution < 1.29 is 4.79 Å². The van der Waals surface area contributed by atoms with Crippen LogP contribution in [0.25, 0.3) is 0 Å². The standard InChI is InChI=1S/C18H23N3O/c1-15(17-6-4-3-5-7-17)20-18(22)14-21(2)13-10-16-8-11-19-12-9-16/h3-9,11-12,15H,10,13-14H2,1-2H3,(H,20,22). The Hall–Kier alpha value is -2.20. The Morgan fingerprint density at radius 3 is 2.55 bits per heavy atom. The average molecular weight is 297 g/mol. The van der Waals surface area contributed by atoms with E-state index in [9.17, 15) is 4.79 Å². The fourth-order valence-corrected chi connectivity index (χ4v) is 2.31. The summed E-state index contributed by atoms with van der Waals surface area (Å²) < 4.78 is 0. The smallest absolute Gasteiger partial charge is 0.234 e. The van der Waals surface area contributed by atoms with E-state index in [1.807, 2.05) is 61.3 Å². The lowest BCUT2D eigenvalue weighted by Gasteiger charge is -2.19. The Balaban J connectivity index is 1.74. The highest BCUT2D eigenvalue weighted by Crippen LogP contribution is 2.10. The van der Waals surface area contributed by atoms with Crippen LogP contribution in [0.4, 0.5) is 0 Å². The zero-order chi connectivity index (χ0) is 15.8. The van der Waals surface area contributed by atoms with Crippen molar-refractivity contribution in [2.45, 2.75) is 19.4 Å². The number of hydrogen-bond donors (Lipinski definition) is 1. The number of benzene rings is 1. The normalized spacial score (nSPS) is 12.1. The van der Waals surface area contributed by atoms with Gasteiger partial charge in [-0.25, -0.2) is 0 Å². The molecule has 1 N–H and O–H groups in total. The minimum atomic E-state index is 0.0299. The Morgan fingerprint density at radius 1 is 1.18 bits per heavy atom. The molecular formula is C18H23N3O. The number of aromatic nitrogens is 1. The summed E-state index contributed by atoms with van der Waals surface area (Å²) in [6, 6.07) is 14.0. The van der Waals surface area contributed by atoms with Crippen LogP contribution >= 0.6 is 0 Å². The first-order valence-corrected chi connectivity index (χ1v) is 7.57. The van der Waals surface area contributed by atoms with E-state index in [4.69, 9.17) is 0 Å². The third-order valence-corrected chi connectivity index (χ3v) is 3.62. The minimum Gasteiger partial charge on any atom is -0.348 e. The van der Waals surface area contributed by atoms with E-state index in [0.717, 1.165) is 18.5 Å². The van der Waals surface area contributed by atoms with Gasteiger partial charge in [-0.15, -0.1) is 0 Å². The highest BCUT2D eigenvalue weighted by molar-refractivity contribution is 5.78. The van der Waals surface area contributed by atoms with Crippen LogP contribution in [0.5, 0.6) is 0 Å². The summed E-state index contributed by atoms with van der Waals surface area (Å²) in [6.45, 7) is 3.25. The maximum atomic E-state index is 12.1. The van der Waals surface area contributed by atoms with Crippen molar-refractivity contribution in [3.8, 4) is 0 Å². The van der Waals surface area contributed by atoms with E-state index < -0.39 is 0 Å². The van der Waals surface area contributed by atoms with Crippen molar-refractivity contribution in [3.63, 3.8) is 0 Å². The van der Waals surface area contributed by atoms with Crippen molar-refractivity contribution in [1.29, 1.82) is 0 Å². The summed E-state index contributed by atoms with van der Waals surface area (Å²) in [5, 5.41) is 3.03. The number of pyridine rings is 1. The second kappa shape index (κ2) is 8.29. The first-order valence-electron chi connectivity index (χ1n) is 7.57. The second-order valence-corrected chi connectivity index (χ2v) is 5.54. The van der Waals surface area contributed by atoms with Crippen LogP contribution in [0.2, 0.25) is 0 Å². The van der Waals surface area contributed by atoms with E-state index in [0.29, 0.717) is 6.54 Å². The number of likely N-dealkylation sites (N-methyl/N-ethyl adjacent to an activating group) is 1. The van der Waals surface area contributed by atoms with Gasteiger partial charge in [0.05, 0.1) is 12.6 Å². The van der Waals surface area contributed by atoms with Gasteiger partial charge >= 0.3 is 0 Å². The molecule has 1 unspecified atom stereocenters. The molecule has 2 aromatic rings. The first kappa shape index (κ1) is 16.2. The van der Waals surface area contributed by atoms with E-state index in [2.05, 4.69) is 10.3 Å². The molecule has 2 rings (SSSR count). The predicted molar refractivity (Wildman–Crippen MR) is 88.4 cm³/mol. The summed E-state index contributed by atoms with van der Waals surface area (Å²) in [5.74, 6) is 0.0496. The molecule has 0 aliphatic carbocycles. The van der Waals surface area contributed by atoms with Gasteiger partial charge in [-0.3, -0.25) is 14.7 Å². The van der Waals surface area contributed by atoms with E-state index >= 15 is 0 Å². The van der Waals surface area contributed by atoms with Gasteiger partial charge in [0, 0.05) is 18.9 Å². The molecule has 0 saturated carbocycles. The molecule has 1 atom stereocenters. The van der Waals surface area contributed by atoms with Crippen LogP contribution in [-0.4, -0.2) is 35.9 Å². The molecule has 0 radical (unpaired) electrons. The number of carbonyl (C=O) groups is 1. The first-order chi connectivity index (χ1) is 10.6. The quantitative estimate of drug-likeness (QED) is 0.854. The molecule has 0 fully saturated rings. The highest BCUT2D eigenvalue weighted by Gasteiger charge is 2.11. The lowest BCUT2D eigenvalue weighted by Crippen LogP contribution is -2.37. The van der Waals surface area contributed by atoms with Gasteiger partial charge in [0.15, 0.2) is 0 Å². The van der Waals surface area contributed by atoms with Gasteiger partial charge in [-0.2, -0.15) is 0 Å². The molecular weight excluding hydrogens is 274 g/mol. The van der Waals surface area contributed by atoms with Crippen LogP contribution < -0.4 is 5.32 Å². The van der Waals surface area contributed by atoms with Gasteiger partial charge in [-0.05, 0) is 43.7 Å². The molecule has 0 aliphatic rings. The molecule has 1 aromatic heterocycles. The van der Waals surface area contributed by atoms with Crippen molar-refractivity contribution in [2.24, 2.45) is 0 Å². The molecule has 4 heteroatoms. The maximum absolute atomic E-state index is 12.1. The predicted octanol–water partition coefficient (Wildman–Crippen LogP) is 2.43. The zero-order valence-corrected chi connectivity index (χ0v) is 13.2. The Labute approximate surface area is 132 Å². The molecule has 4 nitrogen and oxygen atoms in total. The zero-order valence-electron chi connectivity index (χ0n) is 13.2. The van der Waals surface area contributed by atoms with Crippen molar-refractivity contribution in [3.05, 3.63) is 66.0 Å². The summed E-state index contributed by atoms with van der Waals surface area (Å²) in [6.07, 6.45) is 4.51. The average Bonchev–Trinajstić information content (AvgIpc) is 2.54. The van der Waals surface area contributed by atoms with Crippen LogP contribution in [0.3, 0.4) is 0 Å². The second-order valence-electron chi connectivity index (χ2n) is 5.54. The van der Waals surface area contributed by atoms with E-state index in [1.54, 1.807) is 12.4 Å². The summed E-state index contributed by atoms with van der Waals surface area (Å²) in [5.41, 5.74) is 2.36. The monoisotopic (exact) mass is 297 g/mol. The third-order valence-electron chi connectivity index (χ3n) is 3.62. The molecule has 116 valence electrons. The molecule has 22 heavy (non-hydrogen) atoms.